The highest BCUT2D eigenvalue weighted by molar-refractivity contribution is 14.2. The number of anilines is 2. The predicted octanol–water partition coefficient (Wildman–Crippen LogP) is 4.09. The molecule has 0 amide bonds. The normalized spacial score (nSPS) is 11.0. The van der Waals surface area contributed by atoms with E-state index in [1.807, 2.05) is 28.4 Å². The number of hydrogen-bond donors (Lipinski definition) is 2. The minimum atomic E-state index is -0.669. The summed E-state index contributed by atoms with van der Waals surface area (Å²) in [4.78, 5) is 17.0. The Balaban J connectivity index is 1.77. The van der Waals surface area contributed by atoms with Gasteiger partial charge in [-0.05, 0) is 12.1 Å². The monoisotopic (exact) mass is 553 g/mol. The maximum absolute atomic E-state index is 13.6. The van der Waals surface area contributed by atoms with Gasteiger partial charge in [0.05, 0.1) is 31.4 Å². The lowest BCUT2D eigenvalue weighted by Gasteiger charge is -2.12. The molecule has 3 aromatic heterocycles. The van der Waals surface area contributed by atoms with E-state index < -0.39 is 5.82 Å². The number of methoxy groups -OCH3 is 2. The van der Waals surface area contributed by atoms with Gasteiger partial charge in [0, 0.05) is 54.7 Å². The summed E-state index contributed by atoms with van der Waals surface area (Å²) in [6, 6.07) is 5.59. The molecule has 0 aliphatic carbocycles. The molecule has 0 aliphatic rings. The smallest absolute Gasteiger partial charge is 0.183 e. The van der Waals surface area contributed by atoms with Crippen molar-refractivity contribution < 1.29 is 13.9 Å². The van der Waals surface area contributed by atoms with Crippen LogP contribution in [-0.2, 0) is 6.54 Å². The molecule has 0 atom stereocenters. The van der Waals surface area contributed by atoms with Crippen LogP contribution in [0.5, 0.6) is 11.5 Å². The number of aromatic nitrogens is 5. The third-order valence-corrected chi connectivity index (χ3v) is 6.28. The molecule has 3 N–H and O–H groups in total. The van der Waals surface area contributed by atoms with Crippen LogP contribution < -0.4 is 20.5 Å². The van der Waals surface area contributed by atoms with Crippen LogP contribution in [0.3, 0.4) is 0 Å². The first kappa shape index (κ1) is 21.4. The zero-order chi connectivity index (χ0) is 22.0. The van der Waals surface area contributed by atoms with E-state index in [1.54, 1.807) is 14.2 Å². The van der Waals surface area contributed by atoms with Crippen LogP contribution in [0.2, 0.25) is 0 Å². The highest BCUT2D eigenvalue weighted by Gasteiger charge is 2.19. The first-order valence-electron chi connectivity index (χ1n) is 8.94. The summed E-state index contributed by atoms with van der Waals surface area (Å²) in [5.41, 5.74) is 7.88. The van der Waals surface area contributed by atoms with Gasteiger partial charge in [0.15, 0.2) is 23.1 Å². The molecule has 4 rings (SSSR count). The second-order valence-electron chi connectivity index (χ2n) is 6.32. The molecule has 0 unspecified atom stereocenters. The Morgan fingerprint density at radius 3 is 2.77 bits per heavy atom. The number of rotatable bonds is 7. The molecular weight excluding hydrogens is 536 g/mol. The van der Waals surface area contributed by atoms with E-state index in [9.17, 15) is 4.39 Å². The van der Waals surface area contributed by atoms with Gasteiger partial charge in [-0.25, -0.2) is 24.3 Å². The van der Waals surface area contributed by atoms with Gasteiger partial charge in [-0.1, -0.05) is 0 Å². The largest absolute Gasteiger partial charge is 0.497 e. The van der Waals surface area contributed by atoms with Gasteiger partial charge in [-0.3, -0.25) is 3.97 Å². The summed E-state index contributed by atoms with van der Waals surface area (Å²) in [5.74, 6) is 1.36. The Morgan fingerprint density at radius 1 is 1.23 bits per heavy atom. The lowest BCUT2D eigenvalue weighted by atomic mass is 10.1. The number of benzene rings is 1. The molecule has 4 aromatic rings. The van der Waals surface area contributed by atoms with Gasteiger partial charge in [0.1, 0.15) is 23.6 Å². The van der Waals surface area contributed by atoms with Crippen LogP contribution in [0.1, 0.15) is 5.56 Å². The molecule has 0 radical (unpaired) electrons. The third-order valence-electron chi connectivity index (χ3n) is 4.58. The fourth-order valence-electron chi connectivity index (χ4n) is 3.08. The molecule has 160 valence electrons. The highest BCUT2D eigenvalue weighted by atomic mass is 127. The zero-order valence-electron chi connectivity index (χ0n) is 16.5. The Bertz CT molecular complexity index is 1250. The summed E-state index contributed by atoms with van der Waals surface area (Å²) >= 11 is 2.15. The van der Waals surface area contributed by atoms with Crippen molar-refractivity contribution in [2.45, 2.75) is 6.54 Å². The fraction of sp³-hybridized carbons (Fsp3) is 0.158. The van der Waals surface area contributed by atoms with E-state index in [1.165, 1.54) is 15.4 Å². The molecule has 0 aliphatic heterocycles. The third kappa shape index (κ3) is 4.17. The molecule has 0 spiro atoms. The maximum Gasteiger partial charge on any atom is 0.183 e. The maximum atomic E-state index is 13.6. The molecular formula is C19H17FIN7O2S. The van der Waals surface area contributed by atoms with E-state index in [2.05, 4.69) is 46.5 Å². The van der Waals surface area contributed by atoms with Crippen molar-refractivity contribution in [1.29, 1.82) is 0 Å². The van der Waals surface area contributed by atoms with Crippen LogP contribution in [0.4, 0.5) is 16.0 Å². The SMILES string of the molecule is COc1ccc(CNc2ncnc3c2c(-c2ncc(F)c(N)n2)cn3SI)c(OC)c1. The number of nitrogens with one attached hydrogen (secondary N) is 1. The summed E-state index contributed by atoms with van der Waals surface area (Å²) in [7, 11) is 4.64. The lowest BCUT2D eigenvalue weighted by Crippen LogP contribution is -2.05. The number of fused-ring (bicyclic) bond motifs is 1. The molecule has 1 aromatic carbocycles. The topological polar surface area (TPSA) is 113 Å². The van der Waals surface area contributed by atoms with E-state index in [4.69, 9.17) is 15.2 Å². The van der Waals surface area contributed by atoms with Crippen molar-refractivity contribution in [3.63, 3.8) is 0 Å². The fourth-order valence-corrected chi connectivity index (χ4v) is 4.33. The molecule has 3 heterocycles. The molecule has 12 heteroatoms. The second-order valence-corrected chi connectivity index (χ2v) is 8.03. The van der Waals surface area contributed by atoms with Gasteiger partial charge in [-0.2, -0.15) is 0 Å². The summed E-state index contributed by atoms with van der Waals surface area (Å²) in [6.07, 6.45) is 4.35. The predicted molar refractivity (Wildman–Crippen MR) is 127 cm³/mol. The van der Waals surface area contributed by atoms with Crippen molar-refractivity contribution in [3.8, 4) is 22.9 Å². The Morgan fingerprint density at radius 2 is 2.06 bits per heavy atom. The van der Waals surface area contributed by atoms with Gasteiger partial charge in [0.25, 0.3) is 0 Å². The lowest BCUT2D eigenvalue weighted by molar-refractivity contribution is 0.391. The van der Waals surface area contributed by atoms with E-state index in [0.717, 1.165) is 11.8 Å². The van der Waals surface area contributed by atoms with Crippen LogP contribution >= 0.6 is 30.3 Å². The molecule has 0 fully saturated rings. The van der Waals surface area contributed by atoms with Gasteiger partial charge in [-0.15, -0.1) is 0 Å². The average Bonchev–Trinajstić information content (AvgIpc) is 3.18. The Kier molecular flexibility index (Phi) is 6.27. The zero-order valence-corrected chi connectivity index (χ0v) is 19.4. The number of ether oxygens (including phenoxy) is 2. The summed E-state index contributed by atoms with van der Waals surface area (Å²) in [6.45, 7) is 0.438. The number of halogens is 2. The van der Waals surface area contributed by atoms with Crippen molar-refractivity contribution in [1.82, 2.24) is 23.9 Å². The standard InChI is InChI=1S/C19H17FIN7O2S/c1-29-11-4-3-10(14(5-11)30-2)6-23-18-15-12(17-24-7-13(20)16(22)27-17)8-28(31-21)19(15)26-9-25-18/h3-5,7-9H,6H2,1-2H3,(H2,22,24,27)(H,23,25,26). The van der Waals surface area contributed by atoms with Crippen LogP contribution in [-0.4, -0.2) is 38.1 Å². The highest BCUT2D eigenvalue weighted by Crippen LogP contribution is 2.36. The molecule has 0 saturated heterocycles. The number of nitrogens with two attached hydrogens (primary N) is 1. The first-order valence-corrected chi connectivity index (χ1v) is 12.3. The molecule has 0 saturated carbocycles. The van der Waals surface area contributed by atoms with Crippen LogP contribution in [0.15, 0.2) is 36.9 Å². The number of nitrogen functional groups attached to an aromatic ring is 1. The quantitative estimate of drug-likeness (QED) is 0.327. The van der Waals surface area contributed by atoms with Gasteiger partial charge in [0.2, 0.25) is 0 Å². The number of nitrogens with zero attached hydrogens (tertiary/aromatic N) is 5. The van der Waals surface area contributed by atoms with E-state index >= 15 is 0 Å². The molecule has 0 bridgehead atoms. The van der Waals surface area contributed by atoms with Gasteiger partial charge < -0.3 is 20.5 Å². The first-order chi connectivity index (χ1) is 15.0. The van der Waals surface area contributed by atoms with Crippen LogP contribution in [0.25, 0.3) is 22.4 Å². The number of hydrogen-bond acceptors (Lipinski definition) is 9. The molecule has 31 heavy (non-hydrogen) atoms. The summed E-state index contributed by atoms with van der Waals surface area (Å²) < 4.78 is 26.2. The Labute approximate surface area is 193 Å². The minimum absolute atomic E-state index is 0.220. The van der Waals surface area contributed by atoms with Crippen molar-refractivity contribution >= 4 is 53.0 Å². The van der Waals surface area contributed by atoms with Crippen molar-refractivity contribution in [2.75, 3.05) is 25.3 Å². The van der Waals surface area contributed by atoms with Gasteiger partial charge >= 0.3 is 0 Å². The van der Waals surface area contributed by atoms with Crippen molar-refractivity contribution in [2.24, 2.45) is 0 Å². The van der Waals surface area contributed by atoms with E-state index in [0.29, 0.717) is 40.5 Å². The minimum Gasteiger partial charge on any atom is -0.497 e. The Hall–Kier alpha value is -2.87. The van der Waals surface area contributed by atoms with Crippen LogP contribution in [0, 0.1) is 5.82 Å². The average molecular weight is 553 g/mol. The summed E-state index contributed by atoms with van der Waals surface area (Å²) in [5, 5.41) is 4.03. The molecule has 9 nitrogen and oxygen atoms in total. The second kappa shape index (κ2) is 9.09. The van der Waals surface area contributed by atoms with Crippen molar-refractivity contribution in [3.05, 3.63) is 48.3 Å². The van der Waals surface area contributed by atoms with E-state index in [-0.39, 0.29) is 11.6 Å².